The maximum Gasteiger partial charge on any atom is 0.330 e. The van der Waals surface area contributed by atoms with Crippen molar-refractivity contribution in [2.45, 2.75) is 19.4 Å². The van der Waals surface area contributed by atoms with Crippen molar-refractivity contribution in [3.05, 3.63) is 12.2 Å². The third kappa shape index (κ3) is 4.39. The molecule has 0 bridgehead atoms. The molecule has 80 valence electrons. The number of carbonyl (C=O) groups excluding carboxylic acids is 1. The molecule has 0 aliphatic carbocycles. The third-order valence-corrected chi connectivity index (χ3v) is 1.99. The first-order valence-electron chi connectivity index (χ1n) is 4.94. The van der Waals surface area contributed by atoms with Gasteiger partial charge in [0.25, 0.3) is 0 Å². The molecule has 4 nitrogen and oxygen atoms in total. The molecule has 0 aromatic heterocycles. The zero-order valence-corrected chi connectivity index (χ0v) is 8.49. The van der Waals surface area contributed by atoms with Gasteiger partial charge in [-0.25, -0.2) is 4.79 Å². The first-order chi connectivity index (χ1) is 6.83. The highest BCUT2D eigenvalue weighted by Crippen LogP contribution is 2.01. The normalized spacial score (nSPS) is 22.5. The summed E-state index contributed by atoms with van der Waals surface area (Å²) in [6.07, 6.45) is 4.03. The number of allylic oxidation sites excluding steroid dienone is 1. The predicted molar refractivity (Wildman–Crippen MR) is 53.0 cm³/mol. The summed E-state index contributed by atoms with van der Waals surface area (Å²) in [6, 6.07) is 0. The van der Waals surface area contributed by atoms with Crippen molar-refractivity contribution in [3.8, 4) is 0 Å². The molecule has 0 saturated carbocycles. The van der Waals surface area contributed by atoms with Gasteiger partial charge in [-0.3, -0.25) is 0 Å². The second-order valence-corrected chi connectivity index (χ2v) is 3.15. The topological polar surface area (TPSA) is 47.6 Å². The first kappa shape index (κ1) is 11.2. The summed E-state index contributed by atoms with van der Waals surface area (Å²) in [7, 11) is 0. The summed E-state index contributed by atoms with van der Waals surface area (Å²) in [5, 5.41) is 3.22. The number of morpholine rings is 1. The highest BCUT2D eigenvalue weighted by molar-refractivity contribution is 5.81. The molecule has 1 aliphatic rings. The lowest BCUT2D eigenvalue weighted by Gasteiger charge is -2.23. The van der Waals surface area contributed by atoms with E-state index in [0.717, 1.165) is 26.1 Å². The molecular weight excluding hydrogens is 182 g/mol. The number of nitrogens with one attached hydrogen (secondary N) is 1. The quantitative estimate of drug-likeness (QED) is 0.528. The van der Waals surface area contributed by atoms with Crippen LogP contribution in [0.3, 0.4) is 0 Å². The van der Waals surface area contributed by atoms with Gasteiger partial charge in [0.05, 0.1) is 19.3 Å². The van der Waals surface area contributed by atoms with Crippen LogP contribution in [0.15, 0.2) is 12.2 Å². The highest BCUT2D eigenvalue weighted by atomic mass is 16.5. The fourth-order valence-corrected chi connectivity index (χ4v) is 1.28. The second kappa shape index (κ2) is 6.56. The van der Waals surface area contributed by atoms with E-state index < -0.39 is 0 Å². The number of hydrogen-bond donors (Lipinski definition) is 1. The predicted octanol–water partition coefficient (Wildman–Crippen LogP) is 0.484. The van der Waals surface area contributed by atoms with E-state index in [1.54, 1.807) is 13.0 Å². The van der Waals surface area contributed by atoms with E-state index in [2.05, 4.69) is 5.32 Å². The molecule has 1 unspecified atom stereocenters. The zero-order valence-electron chi connectivity index (χ0n) is 8.49. The Morgan fingerprint density at radius 1 is 1.71 bits per heavy atom. The van der Waals surface area contributed by atoms with Crippen molar-refractivity contribution >= 4 is 5.97 Å². The summed E-state index contributed by atoms with van der Waals surface area (Å²) in [5.41, 5.74) is 0. The van der Waals surface area contributed by atoms with E-state index in [-0.39, 0.29) is 12.1 Å². The average Bonchev–Trinajstić information content (AvgIpc) is 2.20. The van der Waals surface area contributed by atoms with Crippen LogP contribution in [-0.4, -0.2) is 38.4 Å². The van der Waals surface area contributed by atoms with Crippen LogP contribution in [-0.2, 0) is 14.3 Å². The second-order valence-electron chi connectivity index (χ2n) is 3.15. The summed E-state index contributed by atoms with van der Waals surface area (Å²) in [4.78, 5) is 10.9. The molecule has 0 amide bonds. The lowest BCUT2D eigenvalue weighted by atomic mass is 10.2. The minimum absolute atomic E-state index is 0.183. The zero-order chi connectivity index (χ0) is 10.2. The Bertz CT molecular complexity index is 198. The van der Waals surface area contributed by atoms with Crippen LogP contribution < -0.4 is 5.32 Å². The van der Waals surface area contributed by atoms with E-state index in [9.17, 15) is 4.79 Å². The summed E-state index contributed by atoms with van der Waals surface area (Å²) < 4.78 is 10.4. The van der Waals surface area contributed by atoms with Crippen LogP contribution in [0.5, 0.6) is 0 Å². The van der Waals surface area contributed by atoms with Gasteiger partial charge >= 0.3 is 5.97 Å². The number of esters is 1. The van der Waals surface area contributed by atoms with Crippen LogP contribution in [0, 0.1) is 0 Å². The standard InChI is InChI=1S/C10H17NO3/c1-2-3-10(12)14-6-4-9-8-11-5-7-13-9/h2-3,9,11H,4-8H2,1H3. The lowest BCUT2D eigenvalue weighted by Crippen LogP contribution is -2.39. The first-order valence-corrected chi connectivity index (χ1v) is 4.94. The lowest BCUT2D eigenvalue weighted by molar-refractivity contribution is -0.138. The summed E-state index contributed by atoms with van der Waals surface area (Å²) in [5.74, 6) is -0.281. The van der Waals surface area contributed by atoms with Gasteiger partial charge in [0.1, 0.15) is 0 Å². The van der Waals surface area contributed by atoms with Crippen LogP contribution in [0.1, 0.15) is 13.3 Å². The number of carbonyl (C=O) groups is 1. The van der Waals surface area contributed by atoms with Gasteiger partial charge in [-0.15, -0.1) is 0 Å². The van der Waals surface area contributed by atoms with Gasteiger partial charge in [-0.2, -0.15) is 0 Å². The monoisotopic (exact) mass is 199 g/mol. The van der Waals surface area contributed by atoms with Gasteiger partial charge in [0, 0.05) is 25.6 Å². The van der Waals surface area contributed by atoms with Gasteiger partial charge in [-0.05, 0) is 6.92 Å². The van der Waals surface area contributed by atoms with E-state index >= 15 is 0 Å². The molecule has 1 rings (SSSR count). The Morgan fingerprint density at radius 3 is 3.21 bits per heavy atom. The van der Waals surface area contributed by atoms with Crippen LogP contribution >= 0.6 is 0 Å². The largest absolute Gasteiger partial charge is 0.462 e. The number of ether oxygens (including phenoxy) is 2. The van der Waals surface area contributed by atoms with Crippen LogP contribution in [0.25, 0.3) is 0 Å². The van der Waals surface area contributed by atoms with Crippen molar-refractivity contribution in [2.24, 2.45) is 0 Å². The fourth-order valence-electron chi connectivity index (χ4n) is 1.28. The van der Waals surface area contributed by atoms with Crippen LogP contribution in [0.2, 0.25) is 0 Å². The van der Waals surface area contributed by atoms with E-state index in [0.29, 0.717) is 6.61 Å². The molecule has 1 saturated heterocycles. The molecule has 0 radical (unpaired) electrons. The van der Waals surface area contributed by atoms with Crippen molar-refractivity contribution < 1.29 is 14.3 Å². The minimum atomic E-state index is -0.281. The third-order valence-electron chi connectivity index (χ3n) is 1.99. The smallest absolute Gasteiger partial charge is 0.330 e. The maximum absolute atomic E-state index is 10.9. The van der Waals surface area contributed by atoms with E-state index in [1.165, 1.54) is 6.08 Å². The minimum Gasteiger partial charge on any atom is -0.462 e. The molecule has 14 heavy (non-hydrogen) atoms. The fraction of sp³-hybridized carbons (Fsp3) is 0.700. The SMILES string of the molecule is CC=CC(=O)OCCC1CNCCO1. The van der Waals surface area contributed by atoms with Gasteiger partial charge < -0.3 is 14.8 Å². The molecule has 1 heterocycles. The Labute approximate surface area is 84.3 Å². The Kier molecular flexibility index (Phi) is 5.25. The summed E-state index contributed by atoms with van der Waals surface area (Å²) >= 11 is 0. The molecular formula is C10H17NO3. The molecule has 1 N–H and O–H groups in total. The number of rotatable bonds is 4. The Morgan fingerprint density at radius 2 is 2.57 bits per heavy atom. The maximum atomic E-state index is 10.9. The molecule has 4 heteroatoms. The molecule has 0 aromatic rings. The van der Waals surface area contributed by atoms with Gasteiger partial charge in [0.2, 0.25) is 0 Å². The van der Waals surface area contributed by atoms with Gasteiger partial charge in [0.15, 0.2) is 0 Å². The van der Waals surface area contributed by atoms with Crippen molar-refractivity contribution in [3.63, 3.8) is 0 Å². The molecule has 1 aliphatic heterocycles. The molecule has 1 atom stereocenters. The Hall–Kier alpha value is -0.870. The average molecular weight is 199 g/mol. The number of hydrogen-bond acceptors (Lipinski definition) is 4. The Balaban J connectivity index is 2.05. The van der Waals surface area contributed by atoms with Gasteiger partial charge in [-0.1, -0.05) is 6.08 Å². The molecule has 1 fully saturated rings. The molecule has 0 aromatic carbocycles. The van der Waals surface area contributed by atoms with Crippen LogP contribution in [0.4, 0.5) is 0 Å². The van der Waals surface area contributed by atoms with Crippen molar-refractivity contribution in [1.82, 2.24) is 5.32 Å². The van der Waals surface area contributed by atoms with E-state index in [1.807, 2.05) is 0 Å². The van der Waals surface area contributed by atoms with E-state index in [4.69, 9.17) is 9.47 Å². The van der Waals surface area contributed by atoms with Crippen molar-refractivity contribution in [1.29, 1.82) is 0 Å². The highest BCUT2D eigenvalue weighted by Gasteiger charge is 2.13. The summed E-state index contributed by atoms with van der Waals surface area (Å²) in [6.45, 7) is 4.72. The molecule has 0 spiro atoms. The van der Waals surface area contributed by atoms with Crippen molar-refractivity contribution in [2.75, 3.05) is 26.3 Å².